The van der Waals surface area contributed by atoms with Crippen LogP contribution in [0.25, 0.3) is 22.3 Å². The van der Waals surface area contributed by atoms with Crippen molar-refractivity contribution in [2.45, 2.75) is 0 Å². The highest BCUT2D eigenvalue weighted by Gasteiger charge is 2.09. The molecule has 3 nitrogen and oxygen atoms in total. The lowest BCUT2D eigenvalue weighted by Gasteiger charge is -2.03. The molecule has 0 bridgehead atoms. The Kier molecular flexibility index (Phi) is 3.75. The number of aromatic hydroxyl groups is 1. The second-order valence-corrected chi connectivity index (χ2v) is 3.99. The minimum atomic E-state index is -0.242. The number of rotatable bonds is 1. The average molecular weight is 268 g/mol. The van der Waals surface area contributed by atoms with E-state index >= 15 is 0 Å². The summed E-state index contributed by atoms with van der Waals surface area (Å²) in [5.74, 6) is 0.444. The van der Waals surface area contributed by atoms with Gasteiger partial charge in [-0.15, -0.1) is 0 Å². The van der Waals surface area contributed by atoms with Crippen molar-refractivity contribution in [3.63, 3.8) is 0 Å². The molecule has 0 fully saturated rings. The Morgan fingerprint density at radius 1 is 0.947 bits per heavy atom. The molecule has 0 unspecified atom stereocenters. The van der Waals surface area contributed by atoms with E-state index in [4.69, 9.17) is 4.42 Å². The van der Waals surface area contributed by atoms with E-state index in [1.807, 2.05) is 30.3 Å². The number of phenols is 1. The fourth-order valence-corrected chi connectivity index (χ4v) is 1.94. The van der Waals surface area contributed by atoms with Gasteiger partial charge in [-0.05, 0) is 12.1 Å². The van der Waals surface area contributed by atoms with Crippen LogP contribution in [-0.4, -0.2) is 22.5 Å². The van der Waals surface area contributed by atoms with Crippen molar-refractivity contribution in [2.75, 3.05) is 0 Å². The molecule has 4 heteroatoms. The van der Waals surface area contributed by atoms with Crippen molar-refractivity contribution >= 4 is 28.3 Å². The Labute approximate surface area is 120 Å². The number of benzene rings is 2. The third-order valence-corrected chi connectivity index (χ3v) is 2.79. The van der Waals surface area contributed by atoms with E-state index in [0.29, 0.717) is 11.3 Å². The summed E-state index contributed by atoms with van der Waals surface area (Å²) in [4.78, 5) is 12.0. The van der Waals surface area contributed by atoms with Crippen LogP contribution in [0.15, 0.2) is 63.8 Å². The van der Waals surface area contributed by atoms with E-state index in [2.05, 4.69) is 0 Å². The molecule has 0 amide bonds. The molecule has 0 saturated carbocycles. The number of hydrogen-bond donors (Lipinski definition) is 1. The van der Waals surface area contributed by atoms with E-state index < -0.39 is 0 Å². The van der Waals surface area contributed by atoms with Crippen LogP contribution in [0.5, 0.6) is 5.75 Å². The highest BCUT2D eigenvalue weighted by Crippen LogP contribution is 2.25. The van der Waals surface area contributed by atoms with Gasteiger partial charge in [-0.2, -0.15) is 0 Å². The maximum atomic E-state index is 12.0. The van der Waals surface area contributed by atoms with Crippen LogP contribution in [0.1, 0.15) is 0 Å². The van der Waals surface area contributed by atoms with Gasteiger partial charge < -0.3 is 9.52 Å². The van der Waals surface area contributed by atoms with Gasteiger partial charge in [0.05, 0.1) is 0 Å². The molecule has 0 aliphatic carbocycles. The largest absolute Gasteiger partial charge is 0.507 e. The van der Waals surface area contributed by atoms with Gasteiger partial charge in [-0.3, -0.25) is 4.79 Å². The maximum absolute atomic E-state index is 12.0. The summed E-state index contributed by atoms with van der Waals surface area (Å²) in [5.41, 5.74) is 0.981. The van der Waals surface area contributed by atoms with Gasteiger partial charge >= 0.3 is 0 Å². The van der Waals surface area contributed by atoms with Crippen LogP contribution in [0.3, 0.4) is 0 Å². The van der Waals surface area contributed by atoms with Crippen molar-refractivity contribution in [3.05, 3.63) is 64.8 Å². The van der Waals surface area contributed by atoms with Gasteiger partial charge in [0, 0.05) is 11.6 Å². The quantitative estimate of drug-likeness (QED) is 0.687. The van der Waals surface area contributed by atoms with Crippen LogP contribution in [0.4, 0.5) is 0 Å². The number of fused-ring (bicyclic) bond motifs is 1. The van der Waals surface area contributed by atoms with E-state index in [0.717, 1.165) is 5.56 Å². The van der Waals surface area contributed by atoms with Crippen LogP contribution in [0, 0.1) is 0 Å². The molecular weight excluding hydrogens is 255 g/mol. The molecule has 0 atom stereocenters. The fourth-order valence-electron chi connectivity index (χ4n) is 1.94. The van der Waals surface area contributed by atoms with E-state index in [1.54, 1.807) is 12.1 Å². The van der Waals surface area contributed by atoms with E-state index in [-0.39, 0.29) is 33.9 Å². The molecule has 3 rings (SSSR count). The topological polar surface area (TPSA) is 50.4 Å². The van der Waals surface area contributed by atoms with Crippen molar-refractivity contribution < 1.29 is 9.52 Å². The summed E-state index contributed by atoms with van der Waals surface area (Å²) >= 11 is 0. The lowest BCUT2D eigenvalue weighted by atomic mass is 10.1. The second kappa shape index (κ2) is 5.31. The normalized spacial score (nSPS) is 10.1. The predicted octanol–water partition coefficient (Wildman–Crippen LogP) is 1.98. The molecule has 1 heterocycles. The zero-order chi connectivity index (χ0) is 12.5. The lowest BCUT2D eigenvalue weighted by molar-refractivity contribution is 0.479. The molecule has 0 aliphatic rings. The Bertz CT molecular complexity index is 763. The molecule has 94 valence electrons. The van der Waals surface area contributed by atoms with Crippen molar-refractivity contribution in [2.24, 2.45) is 0 Å². The molecule has 1 N–H and O–H groups in total. The van der Waals surface area contributed by atoms with Crippen molar-refractivity contribution in [1.82, 2.24) is 0 Å². The highest BCUT2D eigenvalue weighted by molar-refractivity contribution is 5.84. The number of phenolic OH excluding ortho intramolecular Hbond substituents is 1. The van der Waals surface area contributed by atoms with Gasteiger partial charge in [0.1, 0.15) is 22.5 Å². The fraction of sp³-hybridized carbons (Fsp3) is 0. The first-order valence-electron chi connectivity index (χ1n) is 5.57. The molecule has 0 saturated heterocycles. The van der Waals surface area contributed by atoms with Crippen molar-refractivity contribution in [1.29, 1.82) is 0 Å². The Balaban J connectivity index is 0.00000133. The standard InChI is InChI=1S/C15H10O3.Al.3H/c16-11-7-4-8-13-15(11)12(17)9-14(18-13)10-5-2-1-3-6-10;;;;/h1-9,16H;;;;. The van der Waals surface area contributed by atoms with Crippen molar-refractivity contribution in [3.8, 4) is 17.1 Å². The molecule has 19 heavy (non-hydrogen) atoms. The Morgan fingerprint density at radius 3 is 2.42 bits per heavy atom. The predicted molar refractivity (Wildman–Crippen MR) is 79.5 cm³/mol. The molecule has 3 aromatic rings. The van der Waals surface area contributed by atoms with Gasteiger partial charge in [0.2, 0.25) is 0 Å². The molecular formula is C15H13AlO3. The van der Waals surface area contributed by atoms with Gasteiger partial charge in [0.15, 0.2) is 22.8 Å². The zero-order valence-corrected chi connectivity index (χ0v) is 9.46. The maximum Gasteiger partial charge on any atom is 0.197 e. The lowest BCUT2D eigenvalue weighted by Crippen LogP contribution is -2.00. The first-order valence-corrected chi connectivity index (χ1v) is 5.57. The molecule has 0 spiro atoms. The van der Waals surface area contributed by atoms with Gasteiger partial charge in [-0.1, -0.05) is 36.4 Å². The van der Waals surface area contributed by atoms with Gasteiger partial charge in [0.25, 0.3) is 0 Å². The van der Waals surface area contributed by atoms with Gasteiger partial charge in [-0.25, -0.2) is 0 Å². The molecule has 0 aliphatic heterocycles. The Hall–Kier alpha value is -2.02. The van der Waals surface area contributed by atoms with E-state index in [1.165, 1.54) is 12.1 Å². The minimum absolute atomic E-state index is 0. The summed E-state index contributed by atoms with van der Waals surface area (Å²) in [6.45, 7) is 0. The summed E-state index contributed by atoms with van der Waals surface area (Å²) in [5, 5.41) is 9.87. The van der Waals surface area contributed by atoms with Crippen LogP contribution in [-0.2, 0) is 0 Å². The zero-order valence-electron chi connectivity index (χ0n) is 9.46. The van der Waals surface area contributed by atoms with Crippen LogP contribution >= 0.6 is 0 Å². The smallest absolute Gasteiger partial charge is 0.197 e. The first kappa shape index (κ1) is 13.4. The molecule has 2 aromatic carbocycles. The molecule has 0 radical (unpaired) electrons. The third-order valence-electron chi connectivity index (χ3n) is 2.79. The summed E-state index contributed by atoms with van der Waals surface area (Å²) in [6, 6.07) is 15.6. The number of hydrogen-bond acceptors (Lipinski definition) is 3. The third kappa shape index (κ3) is 2.41. The highest BCUT2D eigenvalue weighted by atomic mass is 27.0. The first-order chi connectivity index (χ1) is 8.75. The van der Waals surface area contributed by atoms with Crippen LogP contribution < -0.4 is 5.43 Å². The second-order valence-electron chi connectivity index (χ2n) is 3.99. The summed E-state index contributed by atoms with van der Waals surface area (Å²) < 4.78 is 5.65. The Morgan fingerprint density at radius 2 is 1.68 bits per heavy atom. The minimum Gasteiger partial charge on any atom is -0.507 e. The molecule has 1 aromatic heterocycles. The van der Waals surface area contributed by atoms with Crippen LogP contribution in [0.2, 0.25) is 0 Å². The average Bonchev–Trinajstić information content (AvgIpc) is 2.39. The summed E-state index contributed by atoms with van der Waals surface area (Å²) in [6.07, 6.45) is 0. The SMILES string of the molecule is O=c1cc(-c2ccccc2)oc2cccc(O)c12.[AlH3]. The summed E-state index contributed by atoms with van der Waals surface area (Å²) in [7, 11) is 0. The monoisotopic (exact) mass is 268 g/mol. The van der Waals surface area contributed by atoms with E-state index in [9.17, 15) is 9.90 Å².